The molecule has 0 aromatic heterocycles. The molecule has 1 saturated heterocycles. The van der Waals surface area contributed by atoms with Crippen molar-refractivity contribution < 1.29 is 22.8 Å². The van der Waals surface area contributed by atoms with E-state index in [1.54, 1.807) is 7.05 Å². The maximum absolute atomic E-state index is 12.6. The van der Waals surface area contributed by atoms with Crippen molar-refractivity contribution in [3.05, 3.63) is 12.2 Å². The lowest BCUT2D eigenvalue weighted by Crippen LogP contribution is -2.40. The van der Waals surface area contributed by atoms with Crippen LogP contribution in [0.25, 0.3) is 0 Å². The van der Waals surface area contributed by atoms with Crippen LogP contribution in [0.2, 0.25) is 0 Å². The van der Waals surface area contributed by atoms with E-state index in [-0.39, 0.29) is 65.9 Å². The highest BCUT2D eigenvalue weighted by molar-refractivity contribution is 14.0. The molecule has 2 bridgehead atoms. The summed E-state index contributed by atoms with van der Waals surface area (Å²) in [6.45, 7) is 1.29. The van der Waals surface area contributed by atoms with E-state index in [2.05, 4.69) is 27.8 Å². The fourth-order valence-electron chi connectivity index (χ4n) is 4.51. The number of hydrogen-bond acceptors (Lipinski definition) is 3. The first-order valence-electron chi connectivity index (χ1n) is 9.86. The highest BCUT2D eigenvalue weighted by atomic mass is 127. The number of nitrogens with zero attached hydrogens (tertiary/aromatic N) is 2. The average molecular weight is 528 g/mol. The minimum absolute atomic E-state index is 0. The Bertz CT molecular complexity index is 638. The number of fused-ring (bicyclic) bond motifs is 5. The zero-order valence-corrected chi connectivity index (χ0v) is 18.7. The molecule has 0 aromatic rings. The Balaban J connectivity index is 0.00000300. The molecule has 3 rings (SSSR count). The number of alkyl halides is 3. The van der Waals surface area contributed by atoms with Gasteiger partial charge in [-0.15, -0.1) is 24.0 Å². The summed E-state index contributed by atoms with van der Waals surface area (Å²) in [5.74, 6) is 0.524. The van der Waals surface area contributed by atoms with Gasteiger partial charge in [0.15, 0.2) is 5.96 Å². The minimum Gasteiger partial charge on any atom is -0.356 e. The molecule has 3 aliphatic rings. The third kappa shape index (κ3) is 5.64. The Morgan fingerprint density at radius 2 is 1.62 bits per heavy atom. The summed E-state index contributed by atoms with van der Waals surface area (Å²) in [5, 5.41) is 6.04. The molecule has 0 spiro atoms. The summed E-state index contributed by atoms with van der Waals surface area (Å²) in [6.07, 6.45) is 1.25. The number of hydrogen-bond donors (Lipinski definition) is 2. The van der Waals surface area contributed by atoms with E-state index in [0.717, 1.165) is 6.42 Å². The molecule has 2 fully saturated rings. The number of guanidine groups is 1. The molecule has 164 valence electrons. The van der Waals surface area contributed by atoms with Gasteiger partial charge in [-0.05, 0) is 37.5 Å². The predicted molar refractivity (Wildman–Crippen MR) is 114 cm³/mol. The third-order valence-corrected chi connectivity index (χ3v) is 5.82. The quantitative estimate of drug-likeness (QED) is 0.127. The number of carbonyl (C=O) groups excluding carboxylic acids is 2. The van der Waals surface area contributed by atoms with E-state index in [1.807, 2.05) is 0 Å². The standard InChI is InChI=1S/C19H27F3N4O2.HI/c1-23-18(24-8-3-2-7-19(20,21)22)25-9-4-10-26-16(27)14-12-5-6-13(11-12)15(14)17(26)28;/h5-6,12-15H,2-4,7-11H2,1H3,(H2,23,24,25);1H. The average Bonchev–Trinajstić information content (AvgIpc) is 3.31. The highest BCUT2D eigenvalue weighted by Gasteiger charge is 2.58. The molecule has 0 radical (unpaired) electrons. The molecule has 0 aromatic carbocycles. The van der Waals surface area contributed by atoms with Gasteiger partial charge in [0.2, 0.25) is 11.8 Å². The van der Waals surface area contributed by atoms with Crippen LogP contribution in [-0.4, -0.2) is 55.5 Å². The Morgan fingerprint density at radius 3 is 2.14 bits per heavy atom. The van der Waals surface area contributed by atoms with Gasteiger partial charge in [-0.25, -0.2) is 0 Å². The van der Waals surface area contributed by atoms with Crippen LogP contribution in [0.5, 0.6) is 0 Å². The van der Waals surface area contributed by atoms with E-state index in [1.165, 1.54) is 4.90 Å². The number of aliphatic imine (C=N–C) groups is 1. The van der Waals surface area contributed by atoms with Crippen LogP contribution in [0.15, 0.2) is 17.1 Å². The lowest BCUT2D eigenvalue weighted by Gasteiger charge is -2.18. The fourth-order valence-corrected chi connectivity index (χ4v) is 4.51. The molecule has 4 unspecified atom stereocenters. The first-order valence-corrected chi connectivity index (χ1v) is 9.86. The SMILES string of the molecule is CN=C(NCCCCC(F)(F)F)NCCCN1C(=O)C2C3C=CC(C3)C2C1=O.I. The van der Waals surface area contributed by atoms with E-state index < -0.39 is 12.6 Å². The molecule has 2 N–H and O–H groups in total. The van der Waals surface area contributed by atoms with Crippen LogP contribution in [-0.2, 0) is 9.59 Å². The molecule has 2 amide bonds. The first kappa shape index (κ1) is 23.9. The Labute approximate surface area is 185 Å². The predicted octanol–water partition coefficient (Wildman–Crippen LogP) is 2.70. The molecule has 1 heterocycles. The number of allylic oxidation sites excluding steroid dienone is 2. The van der Waals surface area contributed by atoms with Gasteiger partial charge in [-0.1, -0.05) is 12.2 Å². The maximum atomic E-state index is 12.6. The smallest absolute Gasteiger partial charge is 0.356 e. The lowest BCUT2D eigenvalue weighted by atomic mass is 9.85. The van der Waals surface area contributed by atoms with E-state index in [0.29, 0.717) is 38.4 Å². The van der Waals surface area contributed by atoms with Gasteiger partial charge in [0.25, 0.3) is 0 Å². The van der Waals surface area contributed by atoms with Crippen LogP contribution >= 0.6 is 24.0 Å². The highest BCUT2D eigenvalue weighted by Crippen LogP contribution is 2.52. The number of likely N-dealkylation sites (tertiary alicyclic amines) is 1. The number of nitrogens with one attached hydrogen (secondary N) is 2. The number of rotatable bonds is 8. The number of amides is 2. The second-order valence-electron chi connectivity index (χ2n) is 7.68. The van der Waals surface area contributed by atoms with Crippen molar-refractivity contribution in [1.29, 1.82) is 0 Å². The Kier molecular flexibility index (Phi) is 8.36. The van der Waals surface area contributed by atoms with Gasteiger partial charge in [0, 0.05) is 33.1 Å². The van der Waals surface area contributed by atoms with Gasteiger partial charge in [0.1, 0.15) is 0 Å². The molecule has 6 nitrogen and oxygen atoms in total. The number of carbonyl (C=O) groups is 2. The van der Waals surface area contributed by atoms with Gasteiger partial charge in [-0.2, -0.15) is 13.2 Å². The molecule has 2 aliphatic carbocycles. The summed E-state index contributed by atoms with van der Waals surface area (Å²) < 4.78 is 36.3. The maximum Gasteiger partial charge on any atom is 0.389 e. The van der Waals surface area contributed by atoms with E-state index >= 15 is 0 Å². The summed E-state index contributed by atoms with van der Waals surface area (Å²) in [6, 6.07) is 0. The second kappa shape index (κ2) is 10.1. The monoisotopic (exact) mass is 528 g/mol. The first-order chi connectivity index (χ1) is 13.3. The zero-order chi connectivity index (χ0) is 20.3. The van der Waals surface area contributed by atoms with Crippen molar-refractivity contribution in [3.63, 3.8) is 0 Å². The van der Waals surface area contributed by atoms with Crippen molar-refractivity contribution in [2.75, 3.05) is 26.7 Å². The van der Waals surface area contributed by atoms with E-state index in [9.17, 15) is 22.8 Å². The third-order valence-electron chi connectivity index (χ3n) is 5.82. The van der Waals surface area contributed by atoms with Crippen molar-refractivity contribution in [1.82, 2.24) is 15.5 Å². The van der Waals surface area contributed by atoms with Crippen LogP contribution < -0.4 is 10.6 Å². The Hall–Kier alpha value is -1.33. The van der Waals surface area contributed by atoms with Crippen LogP contribution in [0, 0.1) is 23.7 Å². The molecular formula is C19H28F3IN4O2. The summed E-state index contributed by atoms with van der Waals surface area (Å²) >= 11 is 0. The number of imide groups is 1. The Morgan fingerprint density at radius 1 is 1.07 bits per heavy atom. The van der Waals surface area contributed by atoms with Crippen LogP contribution in [0.3, 0.4) is 0 Å². The largest absolute Gasteiger partial charge is 0.389 e. The summed E-state index contributed by atoms with van der Waals surface area (Å²) in [7, 11) is 1.59. The minimum atomic E-state index is -4.11. The topological polar surface area (TPSA) is 73.8 Å². The second-order valence-corrected chi connectivity index (χ2v) is 7.68. The van der Waals surface area contributed by atoms with Gasteiger partial charge >= 0.3 is 6.18 Å². The summed E-state index contributed by atoms with van der Waals surface area (Å²) in [4.78, 5) is 30.6. The zero-order valence-electron chi connectivity index (χ0n) is 16.4. The molecule has 10 heteroatoms. The fraction of sp³-hybridized carbons (Fsp3) is 0.737. The number of unbranched alkanes of at least 4 members (excludes halogenated alkanes) is 1. The van der Waals surface area contributed by atoms with Crippen molar-refractivity contribution in [2.24, 2.45) is 28.7 Å². The number of halogens is 4. The van der Waals surface area contributed by atoms with Crippen molar-refractivity contribution in [2.45, 2.75) is 38.3 Å². The molecular weight excluding hydrogens is 500 g/mol. The molecule has 1 saturated carbocycles. The van der Waals surface area contributed by atoms with Crippen LogP contribution in [0.4, 0.5) is 13.2 Å². The van der Waals surface area contributed by atoms with Gasteiger partial charge < -0.3 is 10.6 Å². The molecule has 4 atom stereocenters. The van der Waals surface area contributed by atoms with Gasteiger partial charge in [-0.3, -0.25) is 19.5 Å². The van der Waals surface area contributed by atoms with Crippen molar-refractivity contribution in [3.8, 4) is 0 Å². The van der Waals surface area contributed by atoms with Crippen LogP contribution in [0.1, 0.15) is 32.1 Å². The molecule has 1 aliphatic heterocycles. The van der Waals surface area contributed by atoms with Gasteiger partial charge in [0.05, 0.1) is 11.8 Å². The lowest BCUT2D eigenvalue weighted by molar-refractivity contribution is -0.141. The molecule has 29 heavy (non-hydrogen) atoms. The normalized spacial score (nSPS) is 28.0. The van der Waals surface area contributed by atoms with E-state index in [4.69, 9.17) is 0 Å². The van der Waals surface area contributed by atoms with Crippen molar-refractivity contribution >= 4 is 41.8 Å². The summed E-state index contributed by atoms with van der Waals surface area (Å²) in [5.41, 5.74) is 0.